The minimum Gasteiger partial charge on any atom is -0.319 e. The SMILES string of the molecule is C/C=C/CN1CCN(C/C=C/C)C1=O.C=CCN1CC(C)N(CC=C)C1=O.C=CCN1CC(c2ccccc2)N(CC=C)C1=O.C=Cc1ccc(CN2CCN(Cc3ccc(C=C)cc3)C2=O)cc1.CC(C)=CCN1CCN(CC=C(C)C)C1=O. The predicted octanol–water partition coefficient (Wildman–Crippen LogP) is 13.3. The van der Waals surface area contributed by atoms with Crippen LogP contribution < -0.4 is 0 Å². The molecule has 8 rings (SSSR count). The third kappa shape index (κ3) is 21.8. The molecule has 456 valence electrons. The Balaban J connectivity index is 0.000000232. The van der Waals surface area contributed by atoms with Crippen molar-refractivity contribution in [2.75, 3.05) is 105 Å². The molecule has 3 aromatic carbocycles. The molecule has 5 saturated heterocycles. The number of carbonyl (C=O) groups is 5. The van der Waals surface area contributed by atoms with E-state index in [1.54, 1.807) is 29.2 Å². The van der Waals surface area contributed by atoms with Gasteiger partial charge in [-0.05, 0) is 76.3 Å². The van der Waals surface area contributed by atoms with Crippen LogP contribution in [0.4, 0.5) is 24.0 Å². The summed E-state index contributed by atoms with van der Waals surface area (Å²) < 4.78 is 0. The molecule has 2 atom stereocenters. The van der Waals surface area contributed by atoms with Crippen LogP contribution >= 0.6 is 0 Å². The number of urea groups is 5. The molecule has 0 radical (unpaired) electrons. The molecule has 15 heteroatoms. The van der Waals surface area contributed by atoms with E-state index in [9.17, 15) is 24.0 Å². The Kier molecular flexibility index (Phi) is 29.9. The zero-order chi connectivity index (χ0) is 62.3. The lowest BCUT2D eigenvalue weighted by atomic mass is 10.1. The van der Waals surface area contributed by atoms with Gasteiger partial charge in [-0.2, -0.15) is 0 Å². The van der Waals surface area contributed by atoms with E-state index >= 15 is 0 Å². The van der Waals surface area contributed by atoms with Gasteiger partial charge in [-0.1, -0.05) is 176 Å². The van der Waals surface area contributed by atoms with Crippen molar-refractivity contribution in [3.05, 3.63) is 218 Å². The van der Waals surface area contributed by atoms with Crippen molar-refractivity contribution in [3.63, 3.8) is 0 Å². The Labute approximate surface area is 509 Å². The molecule has 15 nitrogen and oxygen atoms in total. The summed E-state index contributed by atoms with van der Waals surface area (Å²) in [6.45, 7) is 49.5. The minimum absolute atomic E-state index is 0.0589. The maximum atomic E-state index is 12.6. The highest BCUT2D eigenvalue weighted by Gasteiger charge is 2.37. The van der Waals surface area contributed by atoms with Gasteiger partial charge in [0.1, 0.15) is 0 Å². The van der Waals surface area contributed by atoms with E-state index in [2.05, 4.69) is 116 Å². The Hall–Kier alpha value is -8.59. The Morgan fingerprint density at radius 1 is 0.424 bits per heavy atom. The molecule has 5 aliphatic rings. The molecule has 10 amide bonds. The number of carbonyl (C=O) groups excluding carboxylic acids is 5. The maximum Gasteiger partial charge on any atom is 0.321 e. The van der Waals surface area contributed by atoms with Crippen LogP contribution in [0.1, 0.15) is 82.3 Å². The molecule has 0 saturated carbocycles. The van der Waals surface area contributed by atoms with E-state index in [1.165, 1.54) is 16.7 Å². The smallest absolute Gasteiger partial charge is 0.319 e. The van der Waals surface area contributed by atoms with E-state index < -0.39 is 0 Å². The summed E-state index contributed by atoms with van der Waals surface area (Å²) in [5.74, 6) is 0. The molecule has 5 heterocycles. The third-order valence-corrected chi connectivity index (χ3v) is 14.6. The van der Waals surface area contributed by atoms with E-state index in [-0.39, 0.29) is 42.2 Å². The van der Waals surface area contributed by atoms with Gasteiger partial charge in [0.15, 0.2) is 0 Å². The first kappa shape index (κ1) is 68.9. The molecular formula is C70H96N10O5. The van der Waals surface area contributed by atoms with Gasteiger partial charge in [0, 0.05) is 124 Å². The summed E-state index contributed by atoms with van der Waals surface area (Å²) in [5, 5.41) is 0. The van der Waals surface area contributed by atoms with Crippen molar-refractivity contribution < 1.29 is 24.0 Å². The minimum atomic E-state index is 0.0589. The van der Waals surface area contributed by atoms with Gasteiger partial charge in [0.2, 0.25) is 0 Å². The lowest BCUT2D eigenvalue weighted by Crippen LogP contribution is -2.33. The molecule has 5 aliphatic heterocycles. The quantitative estimate of drug-likeness (QED) is 0.0877. The summed E-state index contributed by atoms with van der Waals surface area (Å²) in [4.78, 5) is 78.7. The fourth-order valence-corrected chi connectivity index (χ4v) is 9.76. The molecule has 0 aliphatic carbocycles. The second-order valence-electron chi connectivity index (χ2n) is 21.7. The largest absolute Gasteiger partial charge is 0.321 e. The zero-order valence-electron chi connectivity index (χ0n) is 52.1. The average molecular weight is 1160 g/mol. The second-order valence-corrected chi connectivity index (χ2v) is 21.7. The number of rotatable bonds is 23. The van der Waals surface area contributed by atoms with Crippen molar-refractivity contribution >= 4 is 42.3 Å². The second kappa shape index (κ2) is 36.9. The summed E-state index contributed by atoms with van der Waals surface area (Å²) in [6, 6.07) is 27.4. The first-order chi connectivity index (χ1) is 41.0. The number of hydrogen-bond acceptors (Lipinski definition) is 5. The summed E-state index contributed by atoms with van der Waals surface area (Å²) in [5.41, 5.74) is 8.16. The van der Waals surface area contributed by atoms with Crippen LogP contribution in [0.25, 0.3) is 12.2 Å². The molecular weight excluding hydrogens is 1060 g/mol. The Morgan fingerprint density at radius 3 is 1.18 bits per heavy atom. The summed E-state index contributed by atoms with van der Waals surface area (Å²) >= 11 is 0. The van der Waals surface area contributed by atoms with Crippen LogP contribution in [0.3, 0.4) is 0 Å². The van der Waals surface area contributed by atoms with Crippen LogP contribution in [0.5, 0.6) is 0 Å². The normalized spacial score (nSPS) is 17.3. The van der Waals surface area contributed by atoms with Crippen LogP contribution in [-0.2, 0) is 13.1 Å². The highest BCUT2D eigenvalue weighted by Crippen LogP contribution is 2.29. The molecule has 0 N–H and O–H groups in total. The average Bonchev–Trinajstić information content (AvgIpc) is 4.52. The highest BCUT2D eigenvalue weighted by molar-refractivity contribution is 5.79. The number of hydrogen-bond donors (Lipinski definition) is 0. The van der Waals surface area contributed by atoms with Gasteiger partial charge in [0.25, 0.3) is 0 Å². The van der Waals surface area contributed by atoms with Gasteiger partial charge in [-0.3, -0.25) is 0 Å². The number of benzene rings is 3. The Bertz CT molecular complexity index is 2680. The van der Waals surface area contributed by atoms with E-state index in [0.29, 0.717) is 45.8 Å². The van der Waals surface area contributed by atoms with Gasteiger partial charge in [0.05, 0.1) is 6.04 Å². The van der Waals surface area contributed by atoms with Gasteiger partial charge in [-0.25, -0.2) is 24.0 Å². The standard InChI is InChI=1S/C21H22N2O.C15H18N2O.C13H22N2O.C11H18N2O.C10H16N2O/c1-3-17-5-9-19(10-6-17)15-22-13-14-23(21(22)24)16-20-11-7-18(4-2)8-12-20;1-3-10-16-12-14(13-8-6-5-7-9-13)17(11-4-2)15(16)18;1-11(2)5-7-14-9-10-15(13(14)16)8-6-12(3)4;1-3-5-7-12-9-10-13(11(12)14)8-6-4-2;1-4-6-11-8-9(3)12(7-5-2)10(11)13/h3-12H,1-2,13-16H2;3-9,14H,1-2,10-12H2;5-6H,7-10H2,1-4H3;3-6H,7-10H2,1-2H3;4-5,9H,1-2,6-8H2,3H3/b;;;5-3+,6-4+;. The van der Waals surface area contributed by atoms with E-state index in [4.69, 9.17) is 0 Å². The lowest BCUT2D eigenvalue weighted by Gasteiger charge is -2.21. The first-order valence-corrected chi connectivity index (χ1v) is 29.6. The highest BCUT2D eigenvalue weighted by atomic mass is 16.2. The summed E-state index contributed by atoms with van der Waals surface area (Å²) in [7, 11) is 0. The fourth-order valence-electron chi connectivity index (χ4n) is 9.76. The number of allylic oxidation sites excluding steroid dienone is 4. The van der Waals surface area contributed by atoms with E-state index in [1.807, 2.05) is 144 Å². The molecule has 3 aromatic rings. The van der Waals surface area contributed by atoms with Crippen LogP contribution in [0.2, 0.25) is 0 Å². The molecule has 85 heavy (non-hydrogen) atoms. The van der Waals surface area contributed by atoms with Gasteiger partial charge in [-0.15, -0.1) is 26.3 Å². The van der Waals surface area contributed by atoms with Gasteiger partial charge >= 0.3 is 30.2 Å². The van der Waals surface area contributed by atoms with Crippen molar-refractivity contribution in [2.45, 2.75) is 73.6 Å². The third-order valence-electron chi connectivity index (χ3n) is 14.6. The van der Waals surface area contributed by atoms with Crippen LogP contribution in [-0.4, -0.2) is 190 Å². The van der Waals surface area contributed by atoms with Crippen molar-refractivity contribution in [2.24, 2.45) is 0 Å². The van der Waals surface area contributed by atoms with Crippen molar-refractivity contribution in [1.29, 1.82) is 0 Å². The number of amides is 10. The predicted molar refractivity (Wildman–Crippen MR) is 352 cm³/mol. The topological polar surface area (TPSA) is 118 Å². The van der Waals surface area contributed by atoms with Crippen LogP contribution in [0.15, 0.2) is 190 Å². The number of nitrogens with zero attached hydrogens (tertiary/aromatic N) is 10. The van der Waals surface area contributed by atoms with Crippen molar-refractivity contribution in [3.8, 4) is 0 Å². The molecule has 2 unspecified atom stereocenters. The Morgan fingerprint density at radius 2 is 0.788 bits per heavy atom. The first-order valence-electron chi connectivity index (χ1n) is 29.6. The van der Waals surface area contributed by atoms with Crippen molar-refractivity contribution in [1.82, 2.24) is 49.0 Å². The molecule has 0 bridgehead atoms. The van der Waals surface area contributed by atoms with Crippen LogP contribution in [0, 0.1) is 0 Å². The molecule has 5 fully saturated rings. The van der Waals surface area contributed by atoms with Gasteiger partial charge < -0.3 is 49.0 Å². The monoisotopic (exact) mass is 1160 g/mol. The maximum absolute atomic E-state index is 12.6. The molecule has 0 spiro atoms. The zero-order valence-corrected chi connectivity index (χ0v) is 52.1. The fraction of sp³-hybridized carbons (Fsp3) is 0.386. The molecule has 0 aromatic heterocycles. The lowest BCUT2D eigenvalue weighted by molar-refractivity contribution is 0.188. The van der Waals surface area contributed by atoms with E-state index in [0.717, 1.165) is 94.2 Å². The summed E-state index contributed by atoms with van der Waals surface area (Å²) in [6.07, 6.45) is 22.9.